The van der Waals surface area contributed by atoms with Gasteiger partial charge in [-0.05, 0) is 38.8 Å². The van der Waals surface area contributed by atoms with Crippen LogP contribution in [0.2, 0.25) is 0 Å². The van der Waals surface area contributed by atoms with Gasteiger partial charge in [0.15, 0.2) is 5.13 Å². The highest BCUT2D eigenvalue weighted by atomic mass is 32.1. The van der Waals surface area contributed by atoms with Gasteiger partial charge < -0.3 is 10.6 Å². The molecule has 0 spiro atoms. The lowest BCUT2D eigenvalue weighted by Gasteiger charge is -2.28. The predicted molar refractivity (Wildman–Crippen MR) is 76.4 cm³/mol. The quantitative estimate of drug-likeness (QED) is 0.873. The number of amides is 1. The molecule has 6 heteroatoms. The fourth-order valence-corrected chi connectivity index (χ4v) is 3.72. The molecule has 0 bridgehead atoms. The number of aromatic nitrogens is 1. The van der Waals surface area contributed by atoms with Gasteiger partial charge in [0.2, 0.25) is 5.91 Å². The minimum atomic E-state index is 0.0554. The minimum Gasteiger partial charge on any atom is -0.312 e. The molecule has 1 amide bonds. The van der Waals surface area contributed by atoms with Crippen molar-refractivity contribution in [1.82, 2.24) is 15.2 Å². The van der Waals surface area contributed by atoms with E-state index in [0.717, 1.165) is 13.1 Å². The van der Waals surface area contributed by atoms with Crippen LogP contribution in [0.3, 0.4) is 0 Å². The molecule has 104 valence electrons. The number of carbonyl (C=O) groups is 1. The van der Waals surface area contributed by atoms with E-state index in [-0.39, 0.29) is 5.91 Å². The molecule has 2 aliphatic heterocycles. The monoisotopic (exact) mass is 280 g/mol. The van der Waals surface area contributed by atoms with Crippen molar-refractivity contribution in [3.63, 3.8) is 0 Å². The third-order valence-corrected chi connectivity index (χ3v) is 4.69. The maximum absolute atomic E-state index is 12.0. The molecule has 2 atom stereocenters. The van der Waals surface area contributed by atoms with Crippen molar-refractivity contribution in [2.45, 2.75) is 37.8 Å². The molecule has 1 aromatic rings. The van der Waals surface area contributed by atoms with Crippen LogP contribution in [-0.4, -0.2) is 47.5 Å². The number of nitrogens with one attached hydrogen (secondary N) is 2. The molecule has 19 heavy (non-hydrogen) atoms. The molecule has 0 radical (unpaired) electrons. The predicted octanol–water partition coefficient (Wildman–Crippen LogP) is 1.30. The highest BCUT2D eigenvalue weighted by molar-refractivity contribution is 7.13. The first-order chi connectivity index (χ1) is 9.33. The third-order valence-electron chi connectivity index (χ3n) is 4.00. The Kier molecular flexibility index (Phi) is 4.10. The van der Waals surface area contributed by atoms with E-state index in [2.05, 4.69) is 20.5 Å². The van der Waals surface area contributed by atoms with E-state index in [9.17, 15) is 4.79 Å². The van der Waals surface area contributed by atoms with Crippen molar-refractivity contribution < 1.29 is 4.79 Å². The highest BCUT2D eigenvalue weighted by Gasteiger charge is 2.33. The van der Waals surface area contributed by atoms with Crippen molar-refractivity contribution in [2.75, 3.05) is 25.0 Å². The van der Waals surface area contributed by atoms with Gasteiger partial charge >= 0.3 is 0 Å². The van der Waals surface area contributed by atoms with Crippen LogP contribution >= 0.6 is 11.3 Å². The lowest BCUT2D eigenvalue weighted by molar-refractivity contribution is -0.117. The largest absolute Gasteiger partial charge is 0.312 e. The first-order valence-electron chi connectivity index (χ1n) is 7.00. The van der Waals surface area contributed by atoms with Gasteiger partial charge in [0.1, 0.15) is 0 Å². The van der Waals surface area contributed by atoms with Gasteiger partial charge in [-0.3, -0.25) is 9.69 Å². The van der Waals surface area contributed by atoms with Crippen LogP contribution in [0.25, 0.3) is 0 Å². The van der Waals surface area contributed by atoms with Crippen LogP contribution in [0.5, 0.6) is 0 Å². The van der Waals surface area contributed by atoms with Gasteiger partial charge in [0.25, 0.3) is 0 Å². The summed E-state index contributed by atoms with van der Waals surface area (Å²) in [5.41, 5.74) is 0. The summed E-state index contributed by atoms with van der Waals surface area (Å²) in [6.07, 6.45) is 6.63. The molecular weight excluding hydrogens is 260 g/mol. The number of hydrogen-bond acceptors (Lipinski definition) is 5. The number of thiazole rings is 1. The molecule has 2 unspecified atom stereocenters. The summed E-state index contributed by atoms with van der Waals surface area (Å²) in [7, 11) is 0. The van der Waals surface area contributed by atoms with Crippen LogP contribution in [0.15, 0.2) is 11.6 Å². The fraction of sp³-hybridized carbons (Fsp3) is 0.692. The summed E-state index contributed by atoms with van der Waals surface area (Å²) in [4.78, 5) is 18.4. The molecule has 0 saturated carbocycles. The lowest BCUT2D eigenvalue weighted by atomic mass is 10.0. The fourth-order valence-electron chi connectivity index (χ4n) is 3.17. The zero-order valence-corrected chi connectivity index (χ0v) is 11.8. The molecule has 3 rings (SSSR count). The van der Waals surface area contributed by atoms with Crippen LogP contribution in [-0.2, 0) is 4.79 Å². The maximum Gasteiger partial charge on any atom is 0.240 e. The Hall–Kier alpha value is -0.980. The van der Waals surface area contributed by atoms with Crippen molar-refractivity contribution in [3.05, 3.63) is 11.6 Å². The van der Waals surface area contributed by atoms with E-state index in [4.69, 9.17) is 0 Å². The van der Waals surface area contributed by atoms with Crippen molar-refractivity contribution in [2.24, 2.45) is 0 Å². The second kappa shape index (κ2) is 5.98. The number of likely N-dealkylation sites (tertiary alicyclic amines) is 1. The van der Waals surface area contributed by atoms with Crippen LogP contribution in [0, 0.1) is 0 Å². The van der Waals surface area contributed by atoms with Crippen molar-refractivity contribution in [3.8, 4) is 0 Å². The smallest absolute Gasteiger partial charge is 0.240 e. The molecule has 3 heterocycles. The number of hydrogen-bond donors (Lipinski definition) is 2. The SMILES string of the molecule is O=C(CN1CCCC1C1CCCN1)Nc1nccs1. The van der Waals surface area contributed by atoms with Gasteiger partial charge in [0.05, 0.1) is 6.54 Å². The molecule has 2 N–H and O–H groups in total. The maximum atomic E-state index is 12.0. The topological polar surface area (TPSA) is 57.3 Å². The summed E-state index contributed by atoms with van der Waals surface area (Å²) >= 11 is 1.46. The lowest BCUT2D eigenvalue weighted by Crippen LogP contribution is -2.46. The Labute approximate surface area is 117 Å². The van der Waals surface area contributed by atoms with Gasteiger partial charge in [-0.25, -0.2) is 4.98 Å². The summed E-state index contributed by atoms with van der Waals surface area (Å²) in [6, 6.07) is 1.11. The van der Waals surface area contributed by atoms with Gasteiger partial charge in [-0.15, -0.1) is 11.3 Å². The highest BCUT2D eigenvalue weighted by Crippen LogP contribution is 2.24. The normalized spacial score (nSPS) is 27.8. The molecule has 2 aliphatic rings. The third kappa shape index (κ3) is 3.13. The van der Waals surface area contributed by atoms with Crippen LogP contribution < -0.4 is 10.6 Å². The zero-order chi connectivity index (χ0) is 13.1. The zero-order valence-electron chi connectivity index (χ0n) is 11.0. The molecule has 0 aliphatic carbocycles. The Bertz CT molecular complexity index is 416. The molecule has 1 aromatic heterocycles. The average molecular weight is 280 g/mol. The van der Waals surface area contributed by atoms with E-state index in [1.165, 1.54) is 37.0 Å². The van der Waals surface area contributed by atoms with Gasteiger partial charge in [0, 0.05) is 23.7 Å². The molecule has 2 fully saturated rings. The minimum absolute atomic E-state index is 0.0554. The van der Waals surface area contributed by atoms with E-state index >= 15 is 0 Å². The summed E-state index contributed by atoms with van der Waals surface area (Å²) in [5, 5.41) is 9.00. The number of rotatable bonds is 4. The van der Waals surface area contributed by atoms with E-state index < -0.39 is 0 Å². The number of anilines is 1. The van der Waals surface area contributed by atoms with E-state index in [1.807, 2.05) is 5.38 Å². The average Bonchev–Trinajstić information content (AvgIpc) is 3.09. The first kappa shape index (κ1) is 13.0. The van der Waals surface area contributed by atoms with Crippen LogP contribution in [0.1, 0.15) is 25.7 Å². The summed E-state index contributed by atoms with van der Waals surface area (Å²) in [5.74, 6) is 0.0554. The first-order valence-corrected chi connectivity index (χ1v) is 7.88. The molecular formula is C13H20N4OS. The van der Waals surface area contributed by atoms with Gasteiger partial charge in [-0.1, -0.05) is 0 Å². The molecule has 0 aromatic carbocycles. The van der Waals surface area contributed by atoms with E-state index in [1.54, 1.807) is 6.20 Å². The molecule has 5 nitrogen and oxygen atoms in total. The standard InChI is InChI=1S/C13H20N4OS/c18-12(16-13-15-6-8-19-13)9-17-7-2-4-11(17)10-3-1-5-14-10/h6,8,10-11,14H,1-5,7,9H2,(H,15,16,18). The second-order valence-corrected chi connectivity index (χ2v) is 6.16. The van der Waals surface area contributed by atoms with E-state index in [0.29, 0.717) is 23.8 Å². The Balaban J connectivity index is 1.54. The Morgan fingerprint density at radius 2 is 2.47 bits per heavy atom. The number of carbonyl (C=O) groups excluding carboxylic acids is 1. The van der Waals surface area contributed by atoms with Crippen molar-refractivity contribution >= 4 is 22.4 Å². The molecule has 2 saturated heterocycles. The Morgan fingerprint density at radius 3 is 3.21 bits per heavy atom. The second-order valence-electron chi connectivity index (χ2n) is 5.27. The Morgan fingerprint density at radius 1 is 1.53 bits per heavy atom. The summed E-state index contributed by atoms with van der Waals surface area (Å²) < 4.78 is 0. The van der Waals surface area contributed by atoms with Gasteiger partial charge in [-0.2, -0.15) is 0 Å². The van der Waals surface area contributed by atoms with Crippen LogP contribution in [0.4, 0.5) is 5.13 Å². The van der Waals surface area contributed by atoms with Crippen molar-refractivity contribution in [1.29, 1.82) is 0 Å². The summed E-state index contributed by atoms with van der Waals surface area (Å²) in [6.45, 7) is 2.65. The number of nitrogens with zero attached hydrogens (tertiary/aromatic N) is 2.